The molecule has 0 fully saturated rings. The van der Waals surface area contributed by atoms with Crippen LogP contribution >= 0.6 is 27.7 Å². The van der Waals surface area contributed by atoms with E-state index in [-0.39, 0.29) is 10.1 Å². The van der Waals surface area contributed by atoms with E-state index in [9.17, 15) is 4.79 Å². The van der Waals surface area contributed by atoms with Crippen molar-refractivity contribution < 1.29 is 9.90 Å². The Morgan fingerprint density at radius 3 is 2.67 bits per heavy atom. The number of halogens is 1. The maximum absolute atomic E-state index is 10.3. The maximum Gasteiger partial charge on any atom is 0.312 e. The summed E-state index contributed by atoms with van der Waals surface area (Å²) in [6, 6.07) is 0. The van der Waals surface area contributed by atoms with Gasteiger partial charge in [0.1, 0.15) is 0 Å². The Hall–Kier alpha value is 0.0400. The molecule has 0 saturated carbocycles. The Kier molecular flexibility index (Phi) is 2.18. The topological polar surface area (TPSA) is 37.3 Å². The summed E-state index contributed by atoms with van der Waals surface area (Å²) in [6.45, 7) is 0. The lowest BCUT2D eigenvalue weighted by atomic mass is 10.2. The molecule has 0 spiro atoms. The number of rotatable bonds is 1. The third-order valence-electron chi connectivity index (χ3n) is 1.06. The monoisotopic (exact) mass is 208 g/mol. The molecule has 1 N–H and O–H groups in total. The minimum atomic E-state index is -0.766. The van der Waals surface area contributed by atoms with E-state index in [1.807, 2.05) is 0 Å². The molecule has 0 saturated heterocycles. The van der Waals surface area contributed by atoms with Crippen LogP contribution in [0.5, 0.6) is 0 Å². The van der Waals surface area contributed by atoms with Crippen LogP contribution in [0.2, 0.25) is 0 Å². The summed E-state index contributed by atoms with van der Waals surface area (Å²) in [5, 5.41) is 10.3. The molecule has 2 atom stereocenters. The molecule has 1 heterocycles. The van der Waals surface area contributed by atoms with Gasteiger partial charge in [-0.2, -0.15) is 0 Å². The zero-order valence-corrected chi connectivity index (χ0v) is 6.85. The Bertz CT molecular complexity index is 157. The molecule has 2 unspecified atom stereocenters. The number of carboxylic acid groups (broad SMARTS) is 1. The van der Waals surface area contributed by atoms with Gasteiger partial charge in [-0.15, -0.1) is 11.8 Å². The highest BCUT2D eigenvalue weighted by Crippen LogP contribution is 2.33. The molecule has 0 radical (unpaired) electrons. The van der Waals surface area contributed by atoms with Gasteiger partial charge in [0.25, 0.3) is 0 Å². The summed E-state index contributed by atoms with van der Waals surface area (Å²) in [6.07, 6.45) is 1.69. The van der Waals surface area contributed by atoms with Crippen molar-refractivity contribution in [3.63, 3.8) is 0 Å². The Morgan fingerprint density at radius 1 is 1.78 bits per heavy atom. The largest absolute Gasteiger partial charge is 0.481 e. The zero-order valence-electron chi connectivity index (χ0n) is 4.45. The highest BCUT2D eigenvalue weighted by molar-refractivity contribution is 9.11. The minimum Gasteiger partial charge on any atom is -0.481 e. The van der Waals surface area contributed by atoms with Crippen molar-refractivity contribution in [1.29, 1.82) is 0 Å². The number of hydrogen-bond acceptors (Lipinski definition) is 2. The van der Waals surface area contributed by atoms with Crippen molar-refractivity contribution >= 4 is 33.7 Å². The highest BCUT2D eigenvalue weighted by Gasteiger charge is 2.26. The third kappa shape index (κ3) is 1.49. The highest BCUT2D eigenvalue weighted by atomic mass is 79.9. The van der Waals surface area contributed by atoms with E-state index in [1.165, 1.54) is 11.8 Å². The van der Waals surface area contributed by atoms with Crippen LogP contribution in [0.1, 0.15) is 0 Å². The fourth-order valence-corrected chi connectivity index (χ4v) is 2.13. The number of alkyl halides is 1. The van der Waals surface area contributed by atoms with Crippen LogP contribution in [0, 0.1) is 5.92 Å². The summed E-state index contributed by atoms with van der Waals surface area (Å²) in [5.41, 5.74) is 0. The van der Waals surface area contributed by atoms with Crippen LogP contribution < -0.4 is 0 Å². The van der Waals surface area contributed by atoms with Gasteiger partial charge < -0.3 is 5.11 Å². The lowest BCUT2D eigenvalue weighted by Crippen LogP contribution is -2.15. The fourth-order valence-electron chi connectivity index (χ4n) is 0.571. The first-order valence-corrected chi connectivity index (χ1v) is 4.26. The molecule has 0 aliphatic carbocycles. The first-order valence-electron chi connectivity index (χ1n) is 2.41. The van der Waals surface area contributed by atoms with Gasteiger partial charge in [0, 0.05) is 0 Å². The van der Waals surface area contributed by atoms with Crippen LogP contribution in [-0.2, 0) is 4.79 Å². The number of thioether (sulfide) groups is 1. The quantitative estimate of drug-likeness (QED) is 0.667. The van der Waals surface area contributed by atoms with Crippen LogP contribution in [0.25, 0.3) is 0 Å². The molecule has 0 aromatic rings. The lowest BCUT2D eigenvalue weighted by Gasteiger charge is -2.04. The molecule has 0 aromatic heterocycles. The Labute approximate surface area is 65.4 Å². The Morgan fingerprint density at radius 2 is 2.44 bits per heavy atom. The van der Waals surface area contributed by atoms with Gasteiger partial charge in [0.15, 0.2) is 0 Å². The molecule has 4 heteroatoms. The number of carboxylic acids is 1. The molecule has 1 aliphatic heterocycles. The van der Waals surface area contributed by atoms with Gasteiger partial charge in [-0.25, -0.2) is 0 Å². The predicted molar refractivity (Wildman–Crippen MR) is 40.6 cm³/mol. The van der Waals surface area contributed by atoms with Crippen molar-refractivity contribution in [2.45, 2.75) is 4.16 Å². The van der Waals surface area contributed by atoms with E-state index in [1.54, 1.807) is 11.5 Å². The van der Waals surface area contributed by atoms with Crippen LogP contribution in [0.3, 0.4) is 0 Å². The number of aliphatic carboxylic acids is 1. The fraction of sp³-hybridized carbons (Fsp3) is 0.400. The average molecular weight is 209 g/mol. The van der Waals surface area contributed by atoms with Crippen LogP contribution in [0.4, 0.5) is 0 Å². The van der Waals surface area contributed by atoms with E-state index < -0.39 is 5.97 Å². The standard InChI is InChI=1S/C5H5BrO2S/c6-4-3(5(7)8)1-2-9-4/h1-4H,(H,7,8). The minimum absolute atomic E-state index is 0.0231. The second-order valence-electron chi connectivity index (χ2n) is 1.68. The second kappa shape index (κ2) is 2.75. The summed E-state index contributed by atoms with van der Waals surface area (Å²) >= 11 is 4.71. The maximum atomic E-state index is 10.3. The molecule has 1 aliphatic rings. The molecule has 50 valence electrons. The lowest BCUT2D eigenvalue weighted by molar-refractivity contribution is -0.139. The molecular weight excluding hydrogens is 204 g/mol. The van der Waals surface area contributed by atoms with E-state index in [0.29, 0.717) is 0 Å². The second-order valence-corrected chi connectivity index (χ2v) is 4.32. The van der Waals surface area contributed by atoms with E-state index in [4.69, 9.17) is 5.11 Å². The van der Waals surface area contributed by atoms with Gasteiger partial charge >= 0.3 is 5.97 Å². The average Bonchev–Trinajstić information content (AvgIpc) is 2.13. The summed E-state index contributed by atoms with van der Waals surface area (Å²) in [4.78, 5) is 10.3. The van der Waals surface area contributed by atoms with Gasteiger partial charge in [-0.05, 0) is 5.41 Å². The van der Waals surface area contributed by atoms with Crippen molar-refractivity contribution in [2.24, 2.45) is 5.92 Å². The van der Waals surface area contributed by atoms with Gasteiger partial charge in [-0.3, -0.25) is 4.79 Å². The third-order valence-corrected chi connectivity index (χ3v) is 3.15. The first-order chi connectivity index (χ1) is 4.22. The van der Waals surface area contributed by atoms with Crippen molar-refractivity contribution in [3.05, 3.63) is 11.5 Å². The summed E-state index contributed by atoms with van der Waals surface area (Å²) < 4.78 is 0.0231. The van der Waals surface area contributed by atoms with Gasteiger partial charge in [0.2, 0.25) is 0 Å². The number of carbonyl (C=O) groups is 1. The van der Waals surface area contributed by atoms with Crippen molar-refractivity contribution in [1.82, 2.24) is 0 Å². The number of hydrogen-bond donors (Lipinski definition) is 1. The van der Waals surface area contributed by atoms with Gasteiger partial charge in [0.05, 0.1) is 10.1 Å². The van der Waals surface area contributed by atoms with Crippen molar-refractivity contribution in [2.75, 3.05) is 0 Å². The smallest absolute Gasteiger partial charge is 0.312 e. The predicted octanol–water partition coefficient (Wildman–Crippen LogP) is 1.67. The molecule has 0 bridgehead atoms. The SMILES string of the molecule is O=C(O)C1C=CSC1Br. The van der Waals surface area contributed by atoms with Crippen LogP contribution in [-0.4, -0.2) is 15.2 Å². The molecule has 0 amide bonds. The van der Waals surface area contributed by atoms with E-state index >= 15 is 0 Å². The molecule has 1 rings (SSSR count). The molecule has 2 nitrogen and oxygen atoms in total. The van der Waals surface area contributed by atoms with E-state index in [0.717, 1.165) is 0 Å². The molecule has 9 heavy (non-hydrogen) atoms. The molecule has 0 aromatic carbocycles. The molecular formula is C5H5BrO2S. The summed E-state index contributed by atoms with van der Waals surface area (Å²) in [7, 11) is 0. The first kappa shape index (κ1) is 7.15. The van der Waals surface area contributed by atoms with E-state index in [2.05, 4.69) is 15.9 Å². The van der Waals surface area contributed by atoms with Crippen LogP contribution in [0.15, 0.2) is 11.5 Å². The van der Waals surface area contributed by atoms with Crippen molar-refractivity contribution in [3.8, 4) is 0 Å². The Balaban J connectivity index is 2.59. The van der Waals surface area contributed by atoms with Gasteiger partial charge in [-0.1, -0.05) is 22.0 Å². The normalized spacial score (nSPS) is 33.0. The zero-order chi connectivity index (χ0) is 6.85. The summed E-state index contributed by atoms with van der Waals surface area (Å²) in [5.74, 6) is -1.12.